The van der Waals surface area contributed by atoms with E-state index in [2.05, 4.69) is 20.3 Å². The number of aromatic carboxylic acids is 1. The first-order valence-corrected chi connectivity index (χ1v) is 10.7. The van der Waals surface area contributed by atoms with E-state index in [1.165, 1.54) is 19.1 Å². The molecule has 4 heterocycles. The number of rotatable bonds is 7. The van der Waals surface area contributed by atoms with Gasteiger partial charge in [0.25, 0.3) is 5.56 Å². The molecule has 36 heavy (non-hydrogen) atoms. The van der Waals surface area contributed by atoms with E-state index in [0.29, 0.717) is 12.0 Å². The molecule has 0 saturated carbocycles. The summed E-state index contributed by atoms with van der Waals surface area (Å²) in [5, 5.41) is 12.1. The Hall–Kier alpha value is -4.13. The van der Waals surface area contributed by atoms with Crippen LogP contribution in [-0.4, -0.2) is 35.0 Å². The number of carbonyl (C=O) groups is 1. The topological polar surface area (TPSA) is 124 Å². The zero-order valence-corrected chi connectivity index (χ0v) is 19.6. The fourth-order valence-electron chi connectivity index (χ4n) is 3.40. The van der Waals surface area contributed by atoms with Crippen LogP contribution in [0.2, 0.25) is 5.15 Å². The Labute approximate surface area is 206 Å². The van der Waals surface area contributed by atoms with Crippen LogP contribution >= 0.6 is 11.6 Å². The van der Waals surface area contributed by atoms with Crippen LogP contribution in [0, 0.1) is 6.92 Å². The molecule has 0 aliphatic rings. The van der Waals surface area contributed by atoms with E-state index in [1.54, 1.807) is 24.0 Å². The Morgan fingerprint density at radius 1 is 1.28 bits per heavy atom. The fraction of sp³-hybridized carbons (Fsp3) is 0.227. The van der Waals surface area contributed by atoms with Gasteiger partial charge in [0.1, 0.15) is 23.2 Å². The van der Waals surface area contributed by atoms with Crippen molar-refractivity contribution in [3.63, 3.8) is 0 Å². The number of pyridine rings is 2. The van der Waals surface area contributed by atoms with Crippen LogP contribution in [-0.2, 0) is 26.4 Å². The summed E-state index contributed by atoms with van der Waals surface area (Å²) in [6.45, 7) is 1.05. The van der Waals surface area contributed by atoms with Gasteiger partial charge in [-0.1, -0.05) is 11.6 Å². The lowest BCUT2D eigenvalue weighted by Crippen LogP contribution is -2.23. The molecule has 0 aliphatic carbocycles. The summed E-state index contributed by atoms with van der Waals surface area (Å²) in [5.41, 5.74) is -2.35. The van der Waals surface area contributed by atoms with E-state index in [1.807, 2.05) is 0 Å². The van der Waals surface area contributed by atoms with E-state index in [4.69, 9.17) is 16.3 Å². The minimum absolute atomic E-state index is 0.00927. The third kappa shape index (κ3) is 4.96. The summed E-state index contributed by atoms with van der Waals surface area (Å²) in [6, 6.07) is 3.49. The number of fused-ring (bicyclic) bond motifs is 1. The molecule has 2 N–H and O–H groups in total. The molecule has 0 aliphatic heterocycles. The quantitative estimate of drug-likeness (QED) is 0.352. The van der Waals surface area contributed by atoms with Crippen molar-refractivity contribution in [3.8, 4) is 5.88 Å². The molecule has 0 aromatic carbocycles. The average molecular weight is 523 g/mol. The Morgan fingerprint density at radius 3 is 2.67 bits per heavy atom. The standard InChI is InChI=1S/C22H18ClF3N6O4/c1-11-19(36-10-16-27-5-6-31(16)2)30-18-12(7-13(22(24,25)26)9-32(18)20(11)33)8-28-14-3-4-15(23)29-17(14)21(34)35/h3-7,9,28H,8,10H2,1-2H3,(H,34,35). The third-order valence-corrected chi connectivity index (χ3v) is 5.51. The van der Waals surface area contributed by atoms with Crippen LogP contribution in [0.15, 0.2) is 41.6 Å². The number of aryl methyl sites for hydroxylation is 1. The molecule has 0 saturated heterocycles. The first-order valence-electron chi connectivity index (χ1n) is 10.3. The van der Waals surface area contributed by atoms with Gasteiger partial charge in [-0.15, -0.1) is 0 Å². The van der Waals surface area contributed by atoms with Gasteiger partial charge in [-0.3, -0.25) is 9.20 Å². The van der Waals surface area contributed by atoms with Gasteiger partial charge in [0.2, 0.25) is 5.88 Å². The molecule has 188 valence electrons. The molecular formula is C22H18ClF3N6O4. The minimum Gasteiger partial charge on any atom is -0.476 e. The number of anilines is 1. The number of imidazole rings is 1. The highest BCUT2D eigenvalue weighted by molar-refractivity contribution is 6.29. The molecule has 4 aromatic rings. The number of aromatic nitrogens is 5. The van der Waals surface area contributed by atoms with Crippen LogP contribution in [0.3, 0.4) is 0 Å². The van der Waals surface area contributed by atoms with Crippen molar-refractivity contribution in [2.24, 2.45) is 7.05 Å². The third-order valence-electron chi connectivity index (χ3n) is 5.30. The molecule has 14 heteroatoms. The molecule has 0 bridgehead atoms. The maximum atomic E-state index is 13.6. The average Bonchev–Trinajstić information content (AvgIpc) is 3.23. The largest absolute Gasteiger partial charge is 0.476 e. The van der Waals surface area contributed by atoms with Gasteiger partial charge in [0.05, 0.1) is 16.8 Å². The van der Waals surface area contributed by atoms with E-state index < -0.39 is 29.0 Å². The van der Waals surface area contributed by atoms with Gasteiger partial charge in [-0.05, 0) is 25.1 Å². The zero-order valence-electron chi connectivity index (χ0n) is 18.8. The second-order valence-electron chi connectivity index (χ2n) is 7.72. The number of halogens is 4. The maximum absolute atomic E-state index is 13.6. The lowest BCUT2D eigenvalue weighted by molar-refractivity contribution is -0.137. The normalized spacial score (nSPS) is 11.6. The molecule has 10 nitrogen and oxygen atoms in total. The van der Waals surface area contributed by atoms with E-state index in [-0.39, 0.29) is 46.6 Å². The van der Waals surface area contributed by atoms with Crippen molar-refractivity contribution in [2.45, 2.75) is 26.3 Å². The van der Waals surface area contributed by atoms with E-state index in [9.17, 15) is 27.9 Å². The number of ether oxygens (including phenoxy) is 1. The highest BCUT2D eigenvalue weighted by Gasteiger charge is 2.32. The molecule has 0 atom stereocenters. The Kier molecular flexibility index (Phi) is 6.59. The van der Waals surface area contributed by atoms with Crippen LogP contribution in [0.25, 0.3) is 5.65 Å². The van der Waals surface area contributed by atoms with Gasteiger partial charge in [-0.25, -0.2) is 14.8 Å². The summed E-state index contributed by atoms with van der Waals surface area (Å²) in [5.74, 6) is -0.908. The number of carboxylic acid groups (broad SMARTS) is 1. The van der Waals surface area contributed by atoms with E-state index in [0.717, 1.165) is 10.5 Å². The SMILES string of the molecule is Cc1c(OCc2nccn2C)nc2c(CNc3ccc(Cl)nc3C(=O)O)cc(C(F)(F)F)cn2c1=O. The number of carboxylic acids is 1. The summed E-state index contributed by atoms with van der Waals surface area (Å²) < 4.78 is 49.0. The number of hydrogen-bond donors (Lipinski definition) is 2. The summed E-state index contributed by atoms with van der Waals surface area (Å²) in [7, 11) is 1.75. The highest BCUT2D eigenvalue weighted by Crippen LogP contribution is 2.31. The predicted octanol–water partition coefficient (Wildman–Crippen LogP) is 3.69. The molecule has 4 aromatic heterocycles. The van der Waals surface area contributed by atoms with Crippen molar-refractivity contribution in [2.75, 3.05) is 5.32 Å². The second-order valence-corrected chi connectivity index (χ2v) is 8.11. The van der Waals surface area contributed by atoms with Crippen molar-refractivity contribution in [1.29, 1.82) is 0 Å². The second kappa shape index (κ2) is 9.49. The van der Waals surface area contributed by atoms with Crippen LogP contribution in [0.4, 0.5) is 18.9 Å². The molecule has 0 amide bonds. The number of nitrogens with zero attached hydrogens (tertiary/aromatic N) is 5. The smallest absolute Gasteiger partial charge is 0.417 e. The first-order chi connectivity index (χ1) is 17.0. The Morgan fingerprint density at radius 2 is 2.03 bits per heavy atom. The van der Waals surface area contributed by atoms with Gasteiger partial charge in [0, 0.05) is 37.7 Å². The Bertz CT molecular complexity index is 1530. The van der Waals surface area contributed by atoms with Gasteiger partial charge >= 0.3 is 12.1 Å². The molecule has 0 spiro atoms. The molecule has 0 radical (unpaired) electrons. The molecule has 0 fully saturated rings. The van der Waals surface area contributed by atoms with Crippen LogP contribution < -0.4 is 15.6 Å². The van der Waals surface area contributed by atoms with Crippen molar-refractivity contribution in [1.82, 2.24) is 23.9 Å². The fourth-order valence-corrected chi connectivity index (χ4v) is 3.55. The summed E-state index contributed by atoms with van der Waals surface area (Å²) in [6.07, 6.45) is -0.824. The first kappa shape index (κ1) is 25.0. The van der Waals surface area contributed by atoms with E-state index >= 15 is 0 Å². The summed E-state index contributed by atoms with van der Waals surface area (Å²) in [4.78, 5) is 36.7. The zero-order chi connectivity index (χ0) is 26.2. The number of hydrogen-bond acceptors (Lipinski definition) is 7. The van der Waals surface area contributed by atoms with Gasteiger partial charge < -0.3 is 19.7 Å². The monoisotopic (exact) mass is 522 g/mol. The predicted molar refractivity (Wildman–Crippen MR) is 122 cm³/mol. The molecular weight excluding hydrogens is 505 g/mol. The number of alkyl halides is 3. The van der Waals surface area contributed by atoms with Crippen molar-refractivity contribution in [3.05, 3.63) is 80.5 Å². The Balaban J connectivity index is 1.79. The summed E-state index contributed by atoms with van der Waals surface area (Å²) >= 11 is 5.76. The molecule has 4 rings (SSSR count). The lowest BCUT2D eigenvalue weighted by atomic mass is 10.1. The van der Waals surface area contributed by atoms with Crippen molar-refractivity contribution < 1.29 is 27.8 Å². The van der Waals surface area contributed by atoms with Gasteiger partial charge in [0.15, 0.2) is 5.69 Å². The minimum atomic E-state index is -4.75. The lowest BCUT2D eigenvalue weighted by Gasteiger charge is -2.16. The molecule has 0 unspecified atom stereocenters. The maximum Gasteiger partial charge on any atom is 0.417 e. The van der Waals surface area contributed by atoms with Crippen LogP contribution in [0.1, 0.15) is 33.0 Å². The highest BCUT2D eigenvalue weighted by atomic mass is 35.5. The van der Waals surface area contributed by atoms with Crippen molar-refractivity contribution >= 4 is 28.9 Å². The van der Waals surface area contributed by atoms with Gasteiger partial charge in [-0.2, -0.15) is 18.2 Å². The number of nitrogens with one attached hydrogen (secondary N) is 1. The van der Waals surface area contributed by atoms with Crippen LogP contribution in [0.5, 0.6) is 5.88 Å².